The first-order chi connectivity index (χ1) is 12.2. The first-order valence-corrected chi connectivity index (χ1v) is 8.53. The van der Waals surface area contributed by atoms with Gasteiger partial charge in [-0.3, -0.25) is 9.79 Å². The number of halogens is 3. The van der Waals surface area contributed by atoms with Crippen LogP contribution < -0.4 is 10.7 Å². The van der Waals surface area contributed by atoms with Gasteiger partial charge in [0, 0.05) is 6.54 Å². The number of carbonyl (C=O) groups excluding carboxylic acids is 1. The van der Waals surface area contributed by atoms with Gasteiger partial charge in [0.25, 0.3) is 5.91 Å². The van der Waals surface area contributed by atoms with Crippen molar-refractivity contribution >= 4 is 11.6 Å². The second-order valence-corrected chi connectivity index (χ2v) is 6.65. The summed E-state index contributed by atoms with van der Waals surface area (Å²) in [4.78, 5) is 17.2. The minimum absolute atomic E-state index is 0.127. The number of carbonyl (C=O) groups is 1. The van der Waals surface area contributed by atoms with E-state index in [4.69, 9.17) is 0 Å². The van der Waals surface area contributed by atoms with Gasteiger partial charge in [-0.2, -0.15) is 13.2 Å². The van der Waals surface area contributed by atoms with E-state index in [0.717, 1.165) is 12.1 Å². The van der Waals surface area contributed by atoms with Crippen LogP contribution in [0.1, 0.15) is 31.9 Å². The lowest BCUT2D eigenvalue weighted by molar-refractivity contribution is -0.137. The quantitative estimate of drug-likeness (QED) is 0.865. The van der Waals surface area contributed by atoms with Crippen molar-refractivity contribution in [1.29, 1.82) is 0 Å². The number of likely N-dealkylation sites (N-methyl/N-ethyl adjacent to an activating group) is 1. The van der Waals surface area contributed by atoms with Gasteiger partial charge in [0.2, 0.25) is 0 Å². The van der Waals surface area contributed by atoms with Crippen LogP contribution in [0.2, 0.25) is 0 Å². The van der Waals surface area contributed by atoms with Crippen LogP contribution in [0.3, 0.4) is 0 Å². The van der Waals surface area contributed by atoms with Gasteiger partial charge in [0.05, 0.1) is 29.6 Å². The molecule has 1 amide bonds. The highest BCUT2D eigenvalue weighted by atomic mass is 19.4. The molecule has 2 heterocycles. The zero-order valence-corrected chi connectivity index (χ0v) is 14.8. The van der Waals surface area contributed by atoms with Gasteiger partial charge in [0.1, 0.15) is 5.70 Å². The number of aliphatic imine (C=N–C) groups is 1. The molecule has 1 atom stereocenters. The molecular weight excluding hydrogens is 345 g/mol. The number of rotatable bonds is 3. The highest BCUT2D eigenvalue weighted by Gasteiger charge is 2.37. The Morgan fingerprint density at radius 1 is 1.27 bits per heavy atom. The van der Waals surface area contributed by atoms with E-state index in [9.17, 15) is 18.0 Å². The molecule has 0 aliphatic carbocycles. The fraction of sp³-hybridized carbons (Fsp3) is 0.444. The van der Waals surface area contributed by atoms with Crippen molar-refractivity contribution < 1.29 is 18.0 Å². The van der Waals surface area contributed by atoms with Gasteiger partial charge < -0.3 is 10.3 Å². The zero-order chi connectivity index (χ0) is 19.1. The van der Waals surface area contributed by atoms with Crippen LogP contribution in [-0.2, 0) is 11.0 Å². The Labute approximate surface area is 149 Å². The van der Waals surface area contributed by atoms with Gasteiger partial charge >= 0.3 is 6.18 Å². The minimum atomic E-state index is -4.38. The van der Waals surface area contributed by atoms with Gasteiger partial charge in [-0.15, -0.1) is 0 Å². The molecule has 0 saturated carbocycles. The normalized spacial score (nSPS) is 20.9. The third-order valence-corrected chi connectivity index (χ3v) is 4.52. The maximum atomic E-state index is 12.8. The van der Waals surface area contributed by atoms with E-state index in [1.165, 1.54) is 12.1 Å². The molecule has 2 N–H and O–H groups in total. The zero-order valence-electron chi connectivity index (χ0n) is 14.8. The Bertz CT molecular complexity index is 766. The second kappa shape index (κ2) is 6.75. The van der Waals surface area contributed by atoms with Crippen molar-refractivity contribution in [3.63, 3.8) is 0 Å². The SMILES string of the molecule is CCN1NC(C(C)C)C2=C1C(=O)NCC(c1ccc(C(F)(F)F)cc1)=N2. The molecule has 2 aliphatic rings. The summed E-state index contributed by atoms with van der Waals surface area (Å²) in [6.07, 6.45) is -4.38. The smallest absolute Gasteiger partial charge is 0.345 e. The van der Waals surface area contributed by atoms with Crippen molar-refractivity contribution in [2.24, 2.45) is 10.9 Å². The van der Waals surface area contributed by atoms with Gasteiger partial charge in [-0.25, -0.2) is 5.43 Å². The van der Waals surface area contributed by atoms with Crippen LogP contribution in [0.15, 0.2) is 40.7 Å². The molecule has 0 spiro atoms. The number of hydrazine groups is 1. The van der Waals surface area contributed by atoms with E-state index in [1.54, 1.807) is 5.01 Å². The van der Waals surface area contributed by atoms with Crippen molar-refractivity contribution in [1.82, 2.24) is 15.8 Å². The molecule has 1 aromatic rings. The van der Waals surface area contributed by atoms with E-state index in [2.05, 4.69) is 15.7 Å². The third kappa shape index (κ3) is 3.33. The van der Waals surface area contributed by atoms with E-state index >= 15 is 0 Å². The van der Waals surface area contributed by atoms with Crippen molar-refractivity contribution in [3.8, 4) is 0 Å². The summed E-state index contributed by atoms with van der Waals surface area (Å²) in [5, 5.41) is 4.57. The summed E-state index contributed by atoms with van der Waals surface area (Å²) in [6, 6.07) is 4.72. The predicted octanol–water partition coefficient (Wildman–Crippen LogP) is 2.70. The van der Waals surface area contributed by atoms with Gasteiger partial charge in [-0.1, -0.05) is 26.0 Å². The fourth-order valence-electron chi connectivity index (χ4n) is 3.11. The van der Waals surface area contributed by atoms with Crippen LogP contribution in [0, 0.1) is 5.92 Å². The second-order valence-electron chi connectivity index (χ2n) is 6.65. The molecule has 2 aliphatic heterocycles. The maximum absolute atomic E-state index is 12.8. The standard InChI is InChI=1S/C18H21F3N4O/c1-4-25-16-15(14(24-25)10(2)3)23-13(9-22-17(16)26)11-5-7-12(8-6-11)18(19,20)21/h5-8,10,14,24H,4,9H2,1-3H3,(H,22,26). The molecule has 1 aromatic carbocycles. The summed E-state index contributed by atoms with van der Waals surface area (Å²) < 4.78 is 38.3. The highest BCUT2D eigenvalue weighted by Crippen LogP contribution is 2.31. The van der Waals surface area contributed by atoms with Crippen molar-refractivity contribution in [2.45, 2.75) is 33.0 Å². The van der Waals surface area contributed by atoms with E-state index in [-0.39, 0.29) is 24.4 Å². The van der Waals surface area contributed by atoms with Crippen LogP contribution in [0.5, 0.6) is 0 Å². The first kappa shape index (κ1) is 18.4. The molecule has 0 bridgehead atoms. The van der Waals surface area contributed by atoms with Crippen LogP contribution >= 0.6 is 0 Å². The predicted molar refractivity (Wildman–Crippen MR) is 92.2 cm³/mol. The molecule has 0 fully saturated rings. The molecule has 5 nitrogen and oxygen atoms in total. The largest absolute Gasteiger partial charge is 0.416 e. The van der Waals surface area contributed by atoms with Crippen LogP contribution in [0.4, 0.5) is 13.2 Å². The van der Waals surface area contributed by atoms with Gasteiger partial charge in [-0.05, 0) is 30.5 Å². The number of benzene rings is 1. The molecule has 140 valence electrons. The number of hydrogen-bond donors (Lipinski definition) is 2. The Morgan fingerprint density at radius 3 is 2.46 bits per heavy atom. The lowest BCUT2D eigenvalue weighted by Gasteiger charge is -2.23. The van der Waals surface area contributed by atoms with Crippen molar-refractivity contribution in [3.05, 3.63) is 46.8 Å². The summed E-state index contributed by atoms with van der Waals surface area (Å²) >= 11 is 0. The summed E-state index contributed by atoms with van der Waals surface area (Å²) in [5.41, 5.74) is 4.79. The number of hydrogen-bond acceptors (Lipinski definition) is 4. The first-order valence-electron chi connectivity index (χ1n) is 8.53. The number of alkyl halides is 3. The molecule has 0 radical (unpaired) electrons. The minimum Gasteiger partial charge on any atom is -0.345 e. The average molecular weight is 366 g/mol. The average Bonchev–Trinajstić information content (AvgIpc) is 2.87. The Hall–Kier alpha value is -2.35. The fourth-order valence-corrected chi connectivity index (χ4v) is 3.11. The Morgan fingerprint density at radius 2 is 1.92 bits per heavy atom. The third-order valence-electron chi connectivity index (χ3n) is 4.52. The monoisotopic (exact) mass is 366 g/mol. The number of nitrogens with one attached hydrogen (secondary N) is 2. The number of nitrogens with zero attached hydrogens (tertiary/aromatic N) is 2. The maximum Gasteiger partial charge on any atom is 0.416 e. The summed E-state index contributed by atoms with van der Waals surface area (Å²) in [6.45, 7) is 6.74. The van der Waals surface area contributed by atoms with Gasteiger partial charge in [0.15, 0.2) is 0 Å². The molecule has 8 heteroatoms. The summed E-state index contributed by atoms with van der Waals surface area (Å²) in [7, 11) is 0. The number of amides is 1. The molecule has 0 saturated heterocycles. The van der Waals surface area contributed by atoms with Crippen LogP contribution in [0.25, 0.3) is 0 Å². The van der Waals surface area contributed by atoms with E-state index in [1.807, 2.05) is 20.8 Å². The topological polar surface area (TPSA) is 56.7 Å². The van der Waals surface area contributed by atoms with E-state index in [0.29, 0.717) is 29.2 Å². The highest BCUT2D eigenvalue weighted by molar-refractivity contribution is 6.07. The van der Waals surface area contributed by atoms with E-state index < -0.39 is 11.7 Å². The lowest BCUT2D eigenvalue weighted by Crippen LogP contribution is -2.43. The Kier molecular flexibility index (Phi) is 4.79. The molecule has 1 unspecified atom stereocenters. The molecule has 3 rings (SSSR count). The molecular formula is C18H21F3N4O. The van der Waals surface area contributed by atoms with Crippen LogP contribution in [-0.4, -0.2) is 35.8 Å². The lowest BCUT2D eigenvalue weighted by atomic mass is 10.0. The summed E-state index contributed by atoms with van der Waals surface area (Å²) in [5.74, 6) is -0.0387. The molecule has 0 aromatic heterocycles. The van der Waals surface area contributed by atoms with Crippen molar-refractivity contribution in [2.75, 3.05) is 13.1 Å². The molecule has 26 heavy (non-hydrogen) atoms. The Balaban J connectivity index is 2.01.